The molecule has 0 aliphatic carbocycles. The van der Waals surface area contributed by atoms with E-state index in [1.807, 2.05) is 47.0 Å². The molecule has 162 valence electrons. The molecule has 0 bridgehead atoms. The first-order valence-corrected chi connectivity index (χ1v) is 11.5. The van der Waals surface area contributed by atoms with Crippen molar-refractivity contribution in [2.75, 3.05) is 16.4 Å². The SMILES string of the molecule is C=CCn1c(SCC(=O)Nc2nc3ccc(NC(C)=O)cc3s2)nnc1-c1ccccc1. The summed E-state index contributed by atoms with van der Waals surface area (Å²) in [5.41, 5.74) is 2.40. The molecular formula is C22H20N6O2S2. The van der Waals surface area contributed by atoms with Crippen LogP contribution in [0.5, 0.6) is 0 Å². The van der Waals surface area contributed by atoms with Gasteiger partial charge in [-0.2, -0.15) is 0 Å². The fourth-order valence-corrected chi connectivity index (χ4v) is 4.70. The van der Waals surface area contributed by atoms with Crippen molar-refractivity contribution in [2.24, 2.45) is 0 Å². The maximum Gasteiger partial charge on any atom is 0.236 e. The number of allylic oxidation sites excluding steroid dienone is 1. The van der Waals surface area contributed by atoms with E-state index in [0.717, 1.165) is 21.6 Å². The summed E-state index contributed by atoms with van der Waals surface area (Å²) in [6.07, 6.45) is 1.77. The summed E-state index contributed by atoms with van der Waals surface area (Å²) in [6, 6.07) is 15.2. The third-order valence-electron chi connectivity index (χ3n) is 4.35. The van der Waals surface area contributed by atoms with Gasteiger partial charge < -0.3 is 10.6 Å². The average molecular weight is 465 g/mol. The molecule has 0 unspecified atom stereocenters. The summed E-state index contributed by atoms with van der Waals surface area (Å²) >= 11 is 2.66. The van der Waals surface area contributed by atoms with Gasteiger partial charge in [-0.25, -0.2) is 4.98 Å². The number of carbonyl (C=O) groups excluding carboxylic acids is 2. The van der Waals surface area contributed by atoms with Gasteiger partial charge in [0.2, 0.25) is 11.8 Å². The normalized spacial score (nSPS) is 10.8. The molecule has 10 heteroatoms. The Labute approximate surface area is 192 Å². The minimum Gasteiger partial charge on any atom is -0.326 e. The van der Waals surface area contributed by atoms with Crippen molar-refractivity contribution >= 4 is 55.9 Å². The van der Waals surface area contributed by atoms with Crippen molar-refractivity contribution in [2.45, 2.75) is 18.6 Å². The minimum absolute atomic E-state index is 0.140. The number of rotatable bonds is 8. The molecule has 2 aromatic heterocycles. The fraction of sp³-hybridized carbons (Fsp3) is 0.136. The van der Waals surface area contributed by atoms with Crippen LogP contribution in [0.4, 0.5) is 10.8 Å². The number of fused-ring (bicyclic) bond motifs is 1. The lowest BCUT2D eigenvalue weighted by Crippen LogP contribution is -2.14. The quantitative estimate of drug-likeness (QED) is 0.295. The Balaban J connectivity index is 1.43. The molecule has 4 rings (SSSR count). The highest BCUT2D eigenvalue weighted by Crippen LogP contribution is 2.29. The Hall–Kier alpha value is -3.50. The van der Waals surface area contributed by atoms with Gasteiger partial charge >= 0.3 is 0 Å². The molecule has 0 saturated carbocycles. The molecule has 8 nitrogen and oxygen atoms in total. The third-order valence-corrected chi connectivity index (χ3v) is 6.25. The van der Waals surface area contributed by atoms with E-state index in [4.69, 9.17) is 0 Å². The van der Waals surface area contributed by atoms with Gasteiger partial charge in [-0.05, 0) is 18.2 Å². The van der Waals surface area contributed by atoms with Gasteiger partial charge in [-0.15, -0.1) is 16.8 Å². The first kappa shape index (κ1) is 21.7. The summed E-state index contributed by atoms with van der Waals surface area (Å²) in [6.45, 7) is 5.80. The van der Waals surface area contributed by atoms with E-state index in [1.54, 1.807) is 12.1 Å². The lowest BCUT2D eigenvalue weighted by atomic mass is 10.2. The first-order chi connectivity index (χ1) is 15.5. The van der Waals surface area contributed by atoms with Gasteiger partial charge in [0.25, 0.3) is 0 Å². The van der Waals surface area contributed by atoms with E-state index >= 15 is 0 Å². The molecule has 2 N–H and O–H groups in total. The Bertz CT molecular complexity index is 1280. The number of anilines is 2. The Kier molecular flexibility index (Phi) is 6.62. The molecular weight excluding hydrogens is 444 g/mol. The van der Waals surface area contributed by atoms with Crippen molar-refractivity contribution in [1.82, 2.24) is 19.7 Å². The van der Waals surface area contributed by atoms with Crippen LogP contribution in [0.3, 0.4) is 0 Å². The van der Waals surface area contributed by atoms with Crippen LogP contribution in [0, 0.1) is 0 Å². The van der Waals surface area contributed by atoms with Crippen LogP contribution in [-0.4, -0.2) is 37.3 Å². The fourth-order valence-electron chi connectivity index (χ4n) is 3.03. The summed E-state index contributed by atoms with van der Waals surface area (Å²) in [5, 5.41) is 15.3. The zero-order chi connectivity index (χ0) is 22.5. The van der Waals surface area contributed by atoms with Crippen LogP contribution in [0.2, 0.25) is 0 Å². The molecule has 4 aromatic rings. The second kappa shape index (κ2) is 9.75. The summed E-state index contributed by atoms with van der Waals surface area (Å²) in [5.74, 6) is 0.566. The number of nitrogens with one attached hydrogen (secondary N) is 2. The van der Waals surface area contributed by atoms with Gasteiger partial charge in [0.1, 0.15) is 0 Å². The maximum absolute atomic E-state index is 12.5. The number of thioether (sulfide) groups is 1. The van der Waals surface area contributed by atoms with E-state index in [-0.39, 0.29) is 17.6 Å². The van der Waals surface area contributed by atoms with Crippen LogP contribution in [-0.2, 0) is 16.1 Å². The molecule has 2 heterocycles. The molecule has 2 amide bonds. The molecule has 32 heavy (non-hydrogen) atoms. The minimum atomic E-state index is -0.189. The lowest BCUT2D eigenvalue weighted by Gasteiger charge is -2.07. The number of carbonyl (C=O) groups is 2. The van der Waals surface area contributed by atoms with Crippen LogP contribution >= 0.6 is 23.1 Å². The van der Waals surface area contributed by atoms with Crippen LogP contribution in [0.15, 0.2) is 66.3 Å². The number of thiazole rings is 1. The molecule has 0 spiro atoms. The molecule has 2 aromatic carbocycles. The van der Waals surface area contributed by atoms with Crippen LogP contribution in [0.1, 0.15) is 6.92 Å². The highest BCUT2D eigenvalue weighted by molar-refractivity contribution is 7.99. The Morgan fingerprint density at radius 1 is 1.16 bits per heavy atom. The smallest absolute Gasteiger partial charge is 0.236 e. The maximum atomic E-state index is 12.5. The summed E-state index contributed by atoms with van der Waals surface area (Å²) < 4.78 is 2.80. The van der Waals surface area contributed by atoms with Crippen molar-refractivity contribution in [3.63, 3.8) is 0 Å². The van der Waals surface area contributed by atoms with E-state index in [9.17, 15) is 9.59 Å². The molecule has 0 fully saturated rings. The second-order valence-electron chi connectivity index (χ2n) is 6.79. The molecule has 0 saturated heterocycles. The Morgan fingerprint density at radius 2 is 1.97 bits per heavy atom. The average Bonchev–Trinajstić information content (AvgIpc) is 3.36. The standard InChI is InChI=1S/C22H20N6O2S2/c1-3-11-28-20(15-7-5-4-6-8-15)26-27-22(28)31-13-19(30)25-21-24-17-10-9-16(23-14(2)29)12-18(17)32-21/h3-10,12H,1,11,13H2,2H3,(H,23,29)(H,24,25,30). The predicted octanol–water partition coefficient (Wildman–Crippen LogP) is 4.43. The largest absolute Gasteiger partial charge is 0.326 e. The van der Waals surface area contributed by atoms with Gasteiger partial charge in [0.15, 0.2) is 16.1 Å². The van der Waals surface area contributed by atoms with E-state index in [0.29, 0.717) is 22.5 Å². The van der Waals surface area contributed by atoms with Crippen molar-refractivity contribution in [3.8, 4) is 11.4 Å². The highest BCUT2D eigenvalue weighted by Gasteiger charge is 2.15. The van der Waals surface area contributed by atoms with E-state index in [2.05, 4.69) is 32.4 Å². The zero-order valence-electron chi connectivity index (χ0n) is 17.2. The lowest BCUT2D eigenvalue weighted by molar-refractivity contribution is -0.114. The number of amides is 2. The van der Waals surface area contributed by atoms with Crippen LogP contribution in [0.25, 0.3) is 21.6 Å². The molecule has 0 aliphatic rings. The third kappa shape index (κ3) is 5.04. The van der Waals surface area contributed by atoms with Crippen molar-refractivity contribution in [1.29, 1.82) is 0 Å². The van der Waals surface area contributed by atoms with Gasteiger partial charge in [0, 0.05) is 24.7 Å². The van der Waals surface area contributed by atoms with Crippen molar-refractivity contribution in [3.05, 3.63) is 61.2 Å². The number of nitrogens with zero attached hydrogens (tertiary/aromatic N) is 4. The van der Waals surface area contributed by atoms with Gasteiger partial charge in [-0.1, -0.05) is 59.5 Å². The summed E-state index contributed by atoms with van der Waals surface area (Å²) in [4.78, 5) is 28.2. The number of hydrogen-bond donors (Lipinski definition) is 2. The number of aromatic nitrogens is 4. The van der Waals surface area contributed by atoms with Crippen LogP contribution < -0.4 is 10.6 Å². The highest BCUT2D eigenvalue weighted by atomic mass is 32.2. The van der Waals surface area contributed by atoms with E-state index < -0.39 is 0 Å². The molecule has 0 atom stereocenters. The number of hydrogen-bond acceptors (Lipinski definition) is 7. The topological polar surface area (TPSA) is 102 Å². The number of benzene rings is 2. The molecule has 0 aliphatic heterocycles. The summed E-state index contributed by atoms with van der Waals surface area (Å²) in [7, 11) is 0. The van der Waals surface area contributed by atoms with Gasteiger partial charge in [0.05, 0.1) is 16.0 Å². The molecule has 0 radical (unpaired) electrons. The Morgan fingerprint density at radius 3 is 2.72 bits per heavy atom. The monoisotopic (exact) mass is 464 g/mol. The first-order valence-electron chi connectivity index (χ1n) is 9.74. The predicted molar refractivity (Wildman–Crippen MR) is 129 cm³/mol. The zero-order valence-corrected chi connectivity index (χ0v) is 18.9. The van der Waals surface area contributed by atoms with Crippen molar-refractivity contribution < 1.29 is 9.59 Å². The van der Waals surface area contributed by atoms with E-state index in [1.165, 1.54) is 30.0 Å². The second-order valence-corrected chi connectivity index (χ2v) is 8.76. The van der Waals surface area contributed by atoms with Gasteiger partial charge in [-0.3, -0.25) is 14.2 Å².